The minimum absolute atomic E-state index is 0.0833. The monoisotopic (exact) mass is 282 g/mol. The molecule has 1 fully saturated rings. The average molecular weight is 282 g/mol. The zero-order valence-corrected chi connectivity index (χ0v) is 10.8. The fourth-order valence-corrected chi connectivity index (χ4v) is 2.51. The molecule has 0 aromatic carbocycles. The summed E-state index contributed by atoms with van der Waals surface area (Å²) in [5, 5.41) is 2.40. The van der Waals surface area contributed by atoms with Crippen LogP contribution < -0.4 is 11.1 Å². The molecule has 3 nitrogen and oxygen atoms in total. The number of thiocarbonyl (C=S) groups is 1. The fraction of sp³-hybridized carbons (Fsp3) is 0.818. The van der Waals surface area contributed by atoms with Crippen molar-refractivity contribution < 1.29 is 18.0 Å². The Balaban J connectivity index is 2.73. The summed E-state index contributed by atoms with van der Waals surface area (Å²) in [6.45, 7) is 0. The summed E-state index contributed by atoms with van der Waals surface area (Å²) in [6, 6.07) is 0. The van der Waals surface area contributed by atoms with Gasteiger partial charge in [0.2, 0.25) is 5.91 Å². The molecule has 1 aliphatic carbocycles. The van der Waals surface area contributed by atoms with Crippen molar-refractivity contribution in [3.63, 3.8) is 0 Å². The van der Waals surface area contributed by atoms with Crippen LogP contribution in [0.25, 0.3) is 0 Å². The molecule has 0 saturated heterocycles. The van der Waals surface area contributed by atoms with Gasteiger partial charge in [-0.15, -0.1) is 0 Å². The van der Waals surface area contributed by atoms with Crippen LogP contribution >= 0.6 is 12.2 Å². The van der Waals surface area contributed by atoms with Crippen LogP contribution in [0, 0.1) is 0 Å². The molecule has 0 aliphatic heterocycles. The van der Waals surface area contributed by atoms with Crippen LogP contribution in [0.2, 0.25) is 0 Å². The highest BCUT2D eigenvalue weighted by atomic mass is 32.1. The lowest BCUT2D eigenvalue weighted by Gasteiger charge is -2.33. The maximum atomic E-state index is 12.1. The zero-order chi connectivity index (χ0) is 13.8. The number of rotatable bonds is 3. The first-order chi connectivity index (χ1) is 8.25. The Hall–Kier alpha value is -0.850. The summed E-state index contributed by atoms with van der Waals surface area (Å²) < 4.78 is 36.4. The van der Waals surface area contributed by atoms with E-state index in [1.54, 1.807) is 0 Å². The summed E-state index contributed by atoms with van der Waals surface area (Å²) in [7, 11) is 0. The standard InChI is InChI=1S/C11H17F3N2OS/c12-11(13,14)7-8(17)16-10(9(15)18)5-3-1-2-4-6-10/h1-7H2,(H2,15,18)(H,16,17). The minimum Gasteiger partial charge on any atom is -0.391 e. The lowest BCUT2D eigenvalue weighted by molar-refractivity contribution is -0.154. The van der Waals surface area contributed by atoms with Crippen molar-refractivity contribution in [3.8, 4) is 0 Å². The van der Waals surface area contributed by atoms with Gasteiger partial charge < -0.3 is 11.1 Å². The first-order valence-corrected chi connectivity index (χ1v) is 6.34. The van der Waals surface area contributed by atoms with Crippen LogP contribution in [-0.2, 0) is 4.79 Å². The Morgan fingerprint density at radius 1 is 1.22 bits per heavy atom. The molecule has 1 amide bonds. The number of amides is 1. The van der Waals surface area contributed by atoms with E-state index in [2.05, 4.69) is 5.32 Å². The minimum atomic E-state index is -4.51. The van der Waals surface area contributed by atoms with Gasteiger partial charge in [-0.1, -0.05) is 37.9 Å². The van der Waals surface area contributed by atoms with Crippen molar-refractivity contribution in [1.82, 2.24) is 5.32 Å². The number of nitrogens with two attached hydrogens (primary N) is 1. The van der Waals surface area contributed by atoms with E-state index in [0.717, 1.165) is 25.7 Å². The molecule has 1 rings (SSSR count). The van der Waals surface area contributed by atoms with Gasteiger partial charge in [-0.25, -0.2) is 0 Å². The molecule has 0 atom stereocenters. The van der Waals surface area contributed by atoms with Crippen LogP contribution in [-0.4, -0.2) is 22.6 Å². The topological polar surface area (TPSA) is 55.1 Å². The van der Waals surface area contributed by atoms with Crippen LogP contribution in [0.4, 0.5) is 13.2 Å². The molecule has 7 heteroatoms. The van der Waals surface area contributed by atoms with Crippen molar-refractivity contribution in [2.45, 2.75) is 56.7 Å². The summed E-state index contributed by atoms with van der Waals surface area (Å²) >= 11 is 4.93. The van der Waals surface area contributed by atoms with E-state index >= 15 is 0 Å². The lowest BCUT2D eigenvalue weighted by atomic mass is 9.90. The second-order valence-electron chi connectivity index (χ2n) is 4.70. The third-order valence-corrected chi connectivity index (χ3v) is 3.56. The molecule has 104 valence electrons. The van der Waals surface area contributed by atoms with E-state index in [1.807, 2.05) is 0 Å². The zero-order valence-electron chi connectivity index (χ0n) is 9.98. The van der Waals surface area contributed by atoms with Crippen molar-refractivity contribution >= 4 is 23.1 Å². The maximum absolute atomic E-state index is 12.1. The van der Waals surface area contributed by atoms with Crippen LogP contribution in [0.1, 0.15) is 44.9 Å². The Labute approximate surface area is 109 Å². The van der Waals surface area contributed by atoms with Crippen LogP contribution in [0.15, 0.2) is 0 Å². The summed E-state index contributed by atoms with van der Waals surface area (Å²) in [5.41, 5.74) is 4.68. The van der Waals surface area contributed by atoms with Crippen molar-refractivity contribution in [2.75, 3.05) is 0 Å². The highest BCUT2D eigenvalue weighted by molar-refractivity contribution is 7.80. The van der Waals surface area contributed by atoms with Gasteiger partial charge in [-0.3, -0.25) is 4.79 Å². The maximum Gasteiger partial charge on any atom is 0.397 e. The molecule has 0 spiro atoms. The normalized spacial score (nSPS) is 19.9. The Bertz CT molecular complexity index is 323. The molecule has 0 radical (unpaired) electrons. The highest BCUT2D eigenvalue weighted by Gasteiger charge is 2.38. The van der Waals surface area contributed by atoms with Gasteiger partial charge >= 0.3 is 6.18 Å². The molecule has 1 saturated carbocycles. The smallest absolute Gasteiger partial charge is 0.391 e. The SMILES string of the molecule is NC(=S)C1(NC(=O)CC(F)(F)F)CCCCCC1. The van der Waals surface area contributed by atoms with Gasteiger partial charge in [0.1, 0.15) is 6.42 Å². The van der Waals surface area contributed by atoms with E-state index in [9.17, 15) is 18.0 Å². The number of carbonyl (C=O) groups is 1. The molecule has 0 aromatic rings. The van der Waals surface area contributed by atoms with Gasteiger partial charge in [0.15, 0.2) is 0 Å². The molecular weight excluding hydrogens is 265 g/mol. The number of hydrogen-bond donors (Lipinski definition) is 2. The largest absolute Gasteiger partial charge is 0.397 e. The van der Waals surface area contributed by atoms with E-state index < -0.39 is 24.0 Å². The summed E-state index contributed by atoms with van der Waals surface area (Å²) in [4.78, 5) is 11.5. The van der Waals surface area contributed by atoms with Crippen molar-refractivity contribution in [1.29, 1.82) is 0 Å². The predicted octanol–water partition coefficient (Wildman–Crippen LogP) is 2.43. The van der Waals surface area contributed by atoms with E-state index in [4.69, 9.17) is 18.0 Å². The highest BCUT2D eigenvalue weighted by Crippen LogP contribution is 2.28. The van der Waals surface area contributed by atoms with Crippen molar-refractivity contribution in [3.05, 3.63) is 0 Å². The molecule has 0 bridgehead atoms. The predicted molar refractivity (Wildman–Crippen MR) is 66.0 cm³/mol. The molecule has 0 heterocycles. The lowest BCUT2D eigenvalue weighted by Crippen LogP contribution is -2.56. The van der Waals surface area contributed by atoms with Gasteiger partial charge in [0, 0.05) is 0 Å². The number of hydrogen-bond acceptors (Lipinski definition) is 2. The molecule has 1 aliphatic rings. The average Bonchev–Trinajstić information content (AvgIpc) is 2.41. The van der Waals surface area contributed by atoms with E-state index in [-0.39, 0.29) is 4.99 Å². The quantitative estimate of drug-likeness (QED) is 0.617. The van der Waals surface area contributed by atoms with Gasteiger partial charge in [-0.05, 0) is 12.8 Å². The van der Waals surface area contributed by atoms with Crippen LogP contribution in [0.5, 0.6) is 0 Å². The molecular formula is C11H17F3N2OS. The Morgan fingerprint density at radius 3 is 2.11 bits per heavy atom. The third-order valence-electron chi connectivity index (χ3n) is 3.17. The first-order valence-electron chi connectivity index (χ1n) is 5.93. The van der Waals surface area contributed by atoms with E-state index in [1.165, 1.54) is 0 Å². The Morgan fingerprint density at radius 2 is 1.72 bits per heavy atom. The number of nitrogens with one attached hydrogen (secondary N) is 1. The molecule has 0 aromatic heterocycles. The Kier molecular flexibility index (Phi) is 4.95. The first kappa shape index (κ1) is 15.2. The molecule has 0 unspecified atom stereocenters. The summed E-state index contributed by atoms with van der Waals surface area (Å²) in [6.07, 6.45) is -1.37. The van der Waals surface area contributed by atoms with Gasteiger partial charge in [0.05, 0.1) is 10.5 Å². The fourth-order valence-electron chi connectivity index (χ4n) is 2.26. The second-order valence-corrected chi connectivity index (χ2v) is 5.14. The van der Waals surface area contributed by atoms with Crippen LogP contribution in [0.3, 0.4) is 0 Å². The number of halogens is 3. The number of carbonyl (C=O) groups excluding carboxylic acids is 1. The van der Waals surface area contributed by atoms with Gasteiger partial charge in [0.25, 0.3) is 0 Å². The molecule has 18 heavy (non-hydrogen) atoms. The van der Waals surface area contributed by atoms with Gasteiger partial charge in [-0.2, -0.15) is 13.2 Å². The van der Waals surface area contributed by atoms with Crippen molar-refractivity contribution in [2.24, 2.45) is 5.73 Å². The molecule has 3 N–H and O–H groups in total. The number of alkyl halides is 3. The second kappa shape index (κ2) is 5.86. The third kappa shape index (κ3) is 4.44. The van der Waals surface area contributed by atoms with E-state index in [0.29, 0.717) is 12.8 Å². The summed E-state index contributed by atoms with van der Waals surface area (Å²) in [5.74, 6) is -1.06.